The number of methoxy groups -OCH3 is 1. The first-order chi connectivity index (χ1) is 11.2. The molecule has 5 heteroatoms. The van der Waals surface area contributed by atoms with Crippen LogP contribution >= 0.6 is 0 Å². The Morgan fingerprint density at radius 2 is 2.00 bits per heavy atom. The van der Waals surface area contributed by atoms with Crippen LogP contribution in [0.4, 0.5) is 0 Å². The number of benzene rings is 2. The molecular weight excluding hydrogens is 294 g/mol. The van der Waals surface area contributed by atoms with E-state index >= 15 is 0 Å². The molecule has 0 unspecified atom stereocenters. The van der Waals surface area contributed by atoms with Crippen LogP contribution in [0, 0.1) is 0 Å². The van der Waals surface area contributed by atoms with Gasteiger partial charge in [0.25, 0.3) is 0 Å². The van der Waals surface area contributed by atoms with Crippen LogP contribution in [0.2, 0.25) is 0 Å². The second kappa shape index (κ2) is 6.36. The van der Waals surface area contributed by atoms with Crippen LogP contribution in [0.5, 0.6) is 11.5 Å². The highest BCUT2D eigenvalue weighted by molar-refractivity contribution is 5.89. The zero-order valence-corrected chi connectivity index (χ0v) is 12.5. The van der Waals surface area contributed by atoms with E-state index in [2.05, 4.69) is 4.98 Å². The van der Waals surface area contributed by atoms with E-state index in [1.165, 1.54) is 7.11 Å². The molecule has 0 bridgehead atoms. The number of aldehydes is 1. The molecule has 3 rings (SSSR count). The van der Waals surface area contributed by atoms with Crippen molar-refractivity contribution in [1.29, 1.82) is 0 Å². The zero-order valence-electron chi connectivity index (χ0n) is 12.5. The lowest BCUT2D eigenvalue weighted by molar-refractivity contribution is -0.133. The molecule has 3 aromatic rings. The van der Waals surface area contributed by atoms with E-state index in [-0.39, 0.29) is 17.7 Å². The Bertz CT molecular complexity index is 866. The third-order valence-corrected chi connectivity index (χ3v) is 3.58. The summed E-state index contributed by atoms with van der Waals surface area (Å²) in [7, 11) is 1.46. The van der Waals surface area contributed by atoms with E-state index in [4.69, 9.17) is 9.47 Å². The number of hydrogen-bond donors (Lipinski definition) is 1. The normalized spacial score (nSPS) is 10.5. The summed E-state index contributed by atoms with van der Waals surface area (Å²) in [4.78, 5) is 26.5. The molecule has 1 aromatic heterocycles. The molecule has 5 nitrogen and oxygen atoms in total. The number of para-hydroxylation sites is 2. The van der Waals surface area contributed by atoms with Crippen LogP contribution in [0.15, 0.2) is 48.7 Å². The number of H-pyrrole nitrogens is 1. The molecule has 0 radical (unpaired) electrons. The van der Waals surface area contributed by atoms with Gasteiger partial charge in [-0.1, -0.05) is 24.3 Å². The summed E-state index contributed by atoms with van der Waals surface area (Å²) in [5.41, 5.74) is 2.07. The average molecular weight is 309 g/mol. The number of carbonyl (C=O) groups excluding carboxylic acids is 2. The topological polar surface area (TPSA) is 68.4 Å². The first-order valence-corrected chi connectivity index (χ1v) is 7.10. The molecule has 0 saturated heterocycles. The number of fused-ring (bicyclic) bond motifs is 1. The van der Waals surface area contributed by atoms with Crippen molar-refractivity contribution in [2.24, 2.45) is 0 Å². The Balaban J connectivity index is 1.84. The molecule has 0 aliphatic heterocycles. The summed E-state index contributed by atoms with van der Waals surface area (Å²) >= 11 is 0. The van der Waals surface area contributed by atoms with Gasteiger partial charge in [-0.15, -0.1) is 0 Å². The number of esters is 1. The second-order valence-electron chi connectivity index (χ2n) is 5.01. The third kappa shape index (κ3) is 2.94. The lowest BCUT2D eigenvalue weighted by Crippen LogP contribution is -2.13. The highest BCUT2D eigenvalue weighted by Crippen LogP contribution is 2.30. The van der Waals surface area contributed by atoms with Gasteiger partial charge in [-0.2, -0.15) is 0 Å². The van der Waals surface area contributed by atoms with Crippen LogP contribution in [0.25, 0.3) is 10.9 Å². The summed E-state index contributed by atoms with van der Waals surface area (Å²) in [6.45, 7) is 0. The predicted octanol–water partition coefficient (Wildman–Crippen LogP) is 3.14. The van der Waals surface area contributed by atoms with Crippen LogP contribution in [0.3, 0.4) is 0 Å². The maximum atomic E-state index is 12.3. The summed E-state index contributed by atoms with van der Waals surface area (Å²) < 4.78 is 10.5. The van der Waals surface area contributed by atoms with Crippen LogP contribution in [0.1, 0.15) is 15.9 Å². The van der Waals surface area contributed by atoms with E-state index in [1.54, 1.807) is 24.4 Å². The minimum Gasteiger partial charge on any atom is -0.493 e. The van der Waals surface area contributed by atoms with Gasteiger partial charge in [-0.3, -0.25) is 9.59 Å². The van der Waals surface area contributed by atoms with Gasteiger partial charge in [0, 0.05) is 17.1 Å². The largest absolute Gasteiger partial charge is 0.493 e. The minimum absolute atomic E-state index is 0.0976. The van der Waals surface area contributed by atoms with Gasteiger partial charge in [0.1, 0.15) is 0 Å². The first kappa shape index (κ1) is 14.8. The molecule has 0 saturated carbocycles. The summed E-state index contributed by atoms with van der Waals surface area (Å²) in [6.07, 6.45) is 2.52. The van der Waals surface area contributed by atoms with Gasteiger partial charge >= 0.3 is 5.97 Å². The van der Waals surface area contributed by atoms with Crippen molar-refractivity contribution in [1.82, 2.24) is 4.98 Å². The molecular formula is C18H15NO4. The van der Waals surface area contributed by atoms with Crippen LogP contribution in [-0.2, 0) is 11.2 Å². The fourth-order valence-electron chi connectivity index (χ4n) is 2.48. The van der Waals surface area contributed by atoms with Gasteiger partial charge in [-0.05, 0) is 23.8 Å². The second-order valence-corrected chi connectivity index (χ2v) is 5.01. The predicted molar refractivity (Wildman–Crippen MR) is 86.0 cm³/mol. The van der Waals surface area contributed by atoms with Gasteiger partial charge < -0.3 is 14.5 Å². The molecule has 23 heavy (non-hydrogen) atoms. The van der Waals surface area contributed by atoms with Crippen molar-refractivity contribution in [2.45, 2.75) is 6.42 Å². The van der Waals surface area contributed by atoms with Crippen molar-refractivity contribution in [3.63, 3.8) is 0 Å². The maximum absolute atomic E-state index is 12.3. The summed E-state index contributed by atoms with van der Waals surface area (Å²) in [5.74, 6) is 0.0408. The fraction of sp³-hybridized carbons (Fsp3) is 0.111. The van der Waals surface area contributed by atoms with Gasteiger partial charge in [0.2, 0.25) is 0 Å². The Morgan fingerprint density at radius 1 is 1.17 bits per heavy atom. The molecule has 116 valence electrons. The SMILES string of the molecule is COc1cccc(C=O)c1OC(=O)Cc1c[nH]c2ccccc12. The fourth-order valence-corrected chi connectivity index (χ4v) is 2.48. The Labute approximate surface area is 132 Å². The highest BCUT2D eigenvalue weighted by Gasteiger charge is 2.16. The van der Waals surface area contributed by atoms with E-state index in [0.29, 0.717) is 12.0 Å². The van der Waals surface area contributed by atoms with Crippen molar-refractivity contribution in [3.05, 3.63) is 59.8 Å². The molecule has 2 aromatic carbocycles. The van der Waals surface area contributed by atoms with E-state index < -0.39 is 5.97 Å². The van der Waals surface area contributed by atoms with Crippen LogP contribution in [-0.4, -0.2) is 24.3 Å². The maximum Gasteiger partial charge on any atom is 0.315 e. The monoisotopic (exact) mass is 309 g/mol. The Morgan fingerprint density at radius 3 is 2.78 bits per heavy atom. The zero-order chi connectivity index (χ0) is 16.2. The van der Waals surface area contributed by atoms with Crippen LogP contribution < -0.4 is 9.47 Å². The molecule has 0 amide bonds. The number of ether oxygens (including phenoxy) is 2. The highest BCUT2D eigenvalue weighted by atomic mass is 16.6. The number of nitrogens with one attached hydrogen (secondary N) is 1. The van der Waals surface area contributed by atoms with Crippen molar-refractivity contribution in [2.75, 3.05) is 7.11 Å². The standard InChI is InChI=1S/C18H15NO4/c1-22-16-8-4-5-12(11-20)18(16)23-17(21)9-13-10-19-15-7-3-2-6-14(13)15/h2-8,10-11,19H,9H2,1H3. The minimum atomic E-state index is -0.456. The first-order valence-electron chi connectivity index (χ1n) is 7.10. The number of aromatic amines is 1. The quantitative estimate of drug-likeness (QED) is 0.446. The average Bonchev–Trinajstić information content (AvgIpc) is 2.98. The smallest absolute Gasteiger partial charge is 0.315 e. The van der Waals surface area contributed by atoms with Crippen molar-refractivity contribution < 1.29 is 19.1 Å². The van der Waals surface area contributed by atoms with Gasteiger partial charge in [0.15, 0.2) is 17.8 Å². The Hall–Kier alpha value is -3.08. The summed E-state index contributed by atoms with van der Waals surface area (Å²) in [6, 6.07) is 12.6. The molecule has 1 heterocycles. The third-order valence-electron chi connectivity index (χ3n) is 3.58. The van der Waals surface area contributed by atoms with Crippen molar-refractivity contribution >= 4 is 23.2 Å². The number of rotatable bonds is 5. The molecule has 0 aliphatic carbocycles. The summed E-state index contributed by atoms with van der Waals surface area (Å²) in [5, 5.41) is 0.972. The molecule has 0 atom stereocenters. The van der Waals surface area contributed by atoms with Gasteiger partial charge in [0.05, 0.1) is 19.1 Å². The van der Waals surface area contributed by atoms with E-state index in [9.17, 15) is 9.59 Å². The van der Waals surface area contributed by atoms with E-state index in [0.717, 1.165) is 16.5 Å². The number of aromatic nitrogens is 1. The molecule has 1 N–H and O–H groups in total. The lowest BCUT2D eigenvalue weighted by atomic mass is 10.1. The number of hydrogen-bond acceptors (Lipinski definition) is 4. The van der Waals surface area contributed by atoms with Crippen molar-refractivity contribution in [3.8, 4) is 11.5 Å². The van der Waals surface area contributed by atoms with E-state index in [1.807, 2.05) is 24.3 Å². The lowest BCUT2D eigenvalue weighted by Gasteiger charge is -2.10. The van der Waals surface area contributed by atoms with Gasteiger partial charge in [-0.25, -0.2) is 0 Å². The molecule has 0 fully saturated rings. The Kier molecular flexibility index (Phi) is 4.10. The molecule has 0 spiro atoms. The number of carbonyl (C=O) groups is 2. The molecule has 0 aliphatic rings.